The van der Waals surface area contributed by atoms with E-state index in [0.29, 0.717) is 6.04 Å². The molecule has 1 unspecified atom stereocenters. The molecule has 0 aliphatic carbocycles. The van der Waals surface area contributed by atoms with E-state index in [-0.39, 0.29) is 5.60 Å². The Morgan fingerprint density at radius 1 is 1.16 bits per heavy atom. The molecular formula is C17H27NO. The zero-order chi connectivity index (χ0) is 13.7. The van der Waals surface area contributed by atoms with Crippen molar-refractivity contribution in [2.24, 2.45) is 0 Å². The molecule has 1 saturated heterocycles. The number of benzene rings is 1. The van der Waals surface area contributed by atoms with Crippen LogP contribution in [-0.2, 0) is 17.6 Å². The fourth-order valence-electron chi connectivity index (χ4n) is 2.74. The second-order valence-electron chi connectivity index (χ2n) is 6.31. The molecule has 1 aromatic carbocycles. The van der Waals surface area contributed by atoms with Crippen LogP contribution >= 0.6 is 0 Å². The summed E-state index contributed by atoms with van der Waals surface area (Å²) in [6, 6.07) is 9.72. The van der Waals surface area contributed by atoms with Gasteiger partial charge in [0, 0.05) is 19.6 Å². The standard InChI is InChI=1S/C17H27NO/c1-17(2,19-3)13-15-9-7-14(8-10-15)12-16-6-4-5-11-18-16/h7-10,16,18H,4-6,11-13H2,1-3H3. The van der Waals surface area contributed by atoms with Gasteiger partial charge < -0.3 is 10.1 Å². The molecule has 1 aliphatic rings. The third-order valence-electron chi connectivity index (χ3n) is 4.10. The van der Waals surface area contributed by atoms with Crippen molar-refractivity contribution in [2.45, 2.75) is 57.6 Å². The van der Waals surface area contributed by atoms with Crippen molar-refractivity contribution in [1.29, 1.82) is 0 Å². The van der Waals surface area contributed by atoms with E-state index < -0.39 is 0 Å². The van der Waals surface area contributed by atoms with Crippen LogP contribution in [0, 0.1) is 0 Å². The minimum absolute atomic E-state index is 0.0769. The lowest BCUT2D eigenvalue weighted by Crippen LogP contribution is -2.35. The number of rotatable bonds is 5. The fourth-order valence-corrected chi connectivity index (χ4v) is 2.74. The Bertz CT molecular complexity index is 377. The highest BCUT2D eigenvalue weighted by Gasteiger charge is 2.17. The predicted molar refractivity (Wildman–Crippen MR) is 80.6 cm³/mol. The van der Waals surface area contributed by atoms with E-state index in [9.17, 15) is 0 Å². The Labute approximate surface area is 117 Å². The second-order valence-corrected chi connectivity index (χ2v) is 6.31. The zero-order valence-corrected chi connectivity index (χ0v) is 12.5. The molecule has 1 aliphatic heterocycles. The summed E-state index contributed by atoms with van der Waals surface area (Å²) in [5.74, 6) is 0. The van der Waals surface area contributed by atoms with E-state index in [0.717, 1.165) is 12.8 Å². The molecule has 2 nitrogen and oxygen atoms in total. The SMILES string of the molecule is COC(C)(C)Cc1ccc(CC2CCCCN2)cc1. The van der Waals surface area contributed by atoms with E-state index >= 15 is 0 Å². The lowest BCUT2D eigenvalue weighted by Gasteiger charge is -2.24. The van der Waals surface area contributed by atoms with Gasteiger partial charge >= 0.3 is 0 Å². The number of nitrogens with one attached hydrogen (secondary N) is 1. The first-order chi connectivity index (χ1) is 9.09. The molecule has 0 aromatic heterocycles. The molecule has 106 valence electrons. The summed E-state index contributed by atoms with van der Waals surface area (Å²) >= 11 is 0. The maximum atomic E-state index is 5.48. The van der Waals surface area contributed by atoms with Gasteiger partial charge in [0.15, 0.2) is 0 Å². The average Bonchev–Trinajstić information content (AvgIpc) is 2.42. The Balaban J connectivity index is 1.90. The number of piperidine rings is 1. The molecule has 1 aromatic rings. The van der Waals surface area contributed by atoms with Crippen LogP contribution in [0.25, 0.3) is 0 Å². The van der Waals surface area contributed by atoms with Crippen molar-refractivity contribution in [1.82, 2.24) is 5.32 Å². The molecule has 19 heavy (non-hydrogen) atoms. The van der Waals surface area contributed by atoms with E-state index in [1.807, 2.05) is 0 Å². The van der Waals surface area contributed by atoms with Gasteiger partial charge in [0.05, 0.1) is 5.60 Å². The Morgan fingerprint density at radius 2 is 1.84 bits per heavy atom. The van der Waals surface area contributed by atoms with Crippen LogP contribution < -0.4 is 5.32 Å². The van der Waals surface area contributed by atoms with Crippen molar-refractivity contribution in [3.8, 4) is 0 Å². The maximum absolute atomic E-state index is 5.48. The summed E-state index contributed by atoms with van der Waals surface area (Å²) in [6.45, 7) is 5.45. The maximum Gasteiger partial charge on any atom is 0.0662 e. The van der Waals surface area contributed by atoms with Crippen molar-refractivity contribution >= 4 is 0 Å². The van der Waals surface area contributed by atoms with Crippen molar-refractivity contribution in [3.05, 3.63) is 35.4 Å². The van der Waals surface area contributed by atoms with Gasteiger partial charge in [-0.25, -0.2) is 0 Å². The highest BCUT2D eigenvalue weighted by atomic mass is 16.5. The lowest BCUT2D eigenvalue weighted by molar-refractivity contribution is 0.0232. The van der Waals surface area contributed by atoms with Gasteiger partial charge in [-0.1, -0.05) is 30.7 Å². The van der Waals surface area contributed by atoms with Crippen LogP contribution in [0.2, 0.25) is 0 Å². The van der Waals surface area contributed by atoms with Crippen LogP contribution in [0.3, 0.4) is 0 Å². The van der Waals surface area contributed by atoms with Gasteiger partial charge in [0.1, 0.15) is 0 Å². The van der Waals surface area contributed by atoms with Crippen molar-refractivity contribution in [2.75, 3.05) is 13.7 Å². The predicted octanol–water partition coefficient (Wildman–Crippen LogP) is 3.34. The van der Waals surface area contributed by atoms with Gasteiger partial charge in [-0.05, 0) is 50.8 Å². The first kappa shape index (κ1) is 14.5. The molecule has 2 rings (SSSR count). The Hall–Kier alpha value is -0.860. The van der Waals surface area contributed by atoms with E-state index in [2.05, 4.69) is 43.4 Å². The van der Waals surface area contributed by atoms with Crippen LogP contribution in [0.15, 0.2) is 24.3 Å². The smallest absolute Gasteiger partial charge is 0.0662 e. The quantitative estimate of drug-likeness (QED) is 0.877. The van der Waals surface area contributed by atoms with Gasteiger partial charge in [-0.3, -0.25) is 0 Å². The summed E-state index contributed by atoms with van der Waals surface area (Å²) in [7, 11) is 1.78. The summed E-state index contributed by atoms with van der Waals surface area (Å²) in [5.41, 5.74) is 2.72. The van der Waals surface area contributed by atoms with Crippen LogP contribution in [-0.4, -0.2) is 25.3 Å². The fraction of sp³-hybridized carbons (Fsp3) is 0.647. The number of hydrogen-bond donors (Lipinski definition) is 1. The topological polar surface area (TPSA) is 21.3 Å². The molecule has 2 heteroatoms. The highest BCUT2D eigenvalue weighted by Crippen LogP contribution is 2.18. The third-order valence-corrected chi connectivity index (χ3v) is 4.10. The molecule has 0 radical (unpaired) electrons. The lowest BCUT2D eigenvalue weighted by atomic mass is 9.94. The first-order valence-electron chi connectivity index (χ1n) is 7.45. The zero-order valence-electron chi connectivity index (χ0n) is 12.5. The molecule has 0 amide bonds. The molecule has 1 atom stereocenters. The van der Waals surface area contributed by atoms with Crippen LogP contribution in [0.5, 0.6) is 0 Å². The first-order valence-corrected chi connectivity index (χ1v) is 7.45. The molecule has 0 bridgehead atoms. The molecular weight excluding hydrogens is 234 g/mol. The van der Waals surface area contributed by atoms with Gasteiger partial charge in [-0.15, -0.1) is 0 Å². The third kappa shape index (κ3) is 4.63. The van der Waals surface area contributed by atoms with Gasteiger partial charge in [0.2, 0.25) is 0 Å². The van der Waals surface area contributed by atoms with Crippen molar-refractivity contribution in [3.63, 3.8) is 0 Å². The molecule has 1 fully saturated rings. The average molecular weight is 261 g/mol. The van der Waals surface area contributed by atoms with E-state index in [1.165, 1.54) is 36.9 Å². The summed E-state index contributed by atoms with van der Waals surface area (Å²) in [5, 5.41) is 3.61. The monoisotopic (exact) mass is 261 g/mol. The molecule has 1 N–H and O–H groups in total. The number of ether oxygens (including phenoxy) is 1. The molecule has 1 heterocycles. The number of hydrogen-bond acceptors (Lipinski definition) is 2. The van der Waals surface area contributed by atoms with Crippen LogP contribution in [0.1, 0.15) is 44.2 Å². The highest BCUT2D eigenvalue weighted by molar-refractivity contribution is 5.24. The van der Waals surface area contributed by atoms with E-state index in [1.54, 1.807) is 7.11 Å². The minimum atomic E-state index is -0.0769. The summed E-state index contributed by atoms with van der Waals surface area (Å²) in [4.78, 5) is 0. The normalized spacial score (nSPS) is 20.5. The minimum Gasteiger partial charge on any atom is -0.378 e. The van der Waals surface area contributed by atoms with Crippen molar-refractivity contribution < 1.29 is 4.74 Å². The molecule has 0 saturated carbocycles. The summed E-state index contributed by atoms with van der Waals surface area (Å²) in [6.07, 6.45) is 6.15. The van der Waals surface area contributed by atoms with Gasteiger partial charge in [0.25, 0.3) is 0 Å². The second kappa shape index (κ2) is 6.53. The molecule has 0 spiro atoms. The summed E-state index contributed by atoms with van der Waals surface area (Å²) < 4.78 is 5.48. The van der Waals surface area contributed by atoms with E-state index in [4.69, 9.17) is 4.74 Å². The Morgan fingerprint density at radius 3 is 2.42 bits per heavy atom. The number of methoxy groups -OCH3 is 1. The van der Waals surface area contributed by atoms with Crippen LogP contribution in [0.4, 0.5) is 0 Å². The van der Waals surface area contributed by atoms with Gasteiger partial charge in [-0.2, -0.15) is 0 Å². The Kier molecular flexibility index (Phi) is 5.00. The largest absolute Gasteiger partial charge is 0.378 e.